The predicted molar refractivity (Wildman–Crippen MR) is 81.5 cm³/mol. The minimum atomic E-state index is 0.480. The first-order valence-electron chi connectivity index (χ1n) is 6.42. The van der Waals surface area contributed by atoms with Gasteiger partial charge in [-0.1, -0.05) is 35.9 Å². The summed E-state index contributed by atoms with van der Waals surface area (Å²) in [7, 11) is 3.55. The molecule has 2 rings (SSSR count). The third-order valence-corrected chi connectivity index (χ3v) is 3.20. The zero-order chi connectivity index (χ0) is 14.4. The second-order valence-corrected chi connectivity index (χ2v) is 4.83. The van der Waals surface area contributed by atoms with Gasteiger partial charge in [0, 0.05) is 17.1 Å². The first kappa shape index (κ1) is 14.7. The van der Waals surface area contributed by atoms with Gasteiger partial charge in [0.1, 0.15) is 6.61 Å². The minimum absolute atomic E-state index is 0.480. The SMILES string of the molecule is CNCc1cccc(OC)c1OCc1ccc(Cl)cc1. The van der Waals surface area contributed by atoms with Crippen LogP contribution in [0.1, 0.15) is 11.1 Å². The van der Waals surface area contributed by atoms with E-state index in [1.165, 1.54) is 0 Å². The second kappa shape index (κ2) is 7.17. The number of benzene rings is 2. The summed E-state index contributed by atoms with van der Waals surface area (Å²) < 4.78 is 11.3. The summed E-state index contributed by atoms with van der Waals surface area (Å²) in [6.07, 6.45) is 0. The smallest absolute Gasteiger partial charge is 0.166 e. The molecule has 0 saturated heterocycles. The molecule has 0 spiro atoms. The average Bonchev–Trinajstić information content (AvgIpc) is 2.47. The van der Waals surface area contributed by atoms with Crippen molar-refractivity contribution in [2.45, 2.75) is 13.2 Å². The van der Waals surface area contributed by atoms with Crippen LogP contribution in [0.15, 0.2) is 42.5 Å². The summed E-state index contributed by atoms with van der Waals surface area (Å²) in [6.45, 7) is 1.21. The van der Waals surface area contributed by atoms with Gasteiger partial charge in [0.05, 0.1) is 7.11 Å². The van der Waals surface area contributed by atoms with E-state index in [1.807, 2.05) is 49.5 Å². The minimum Gasteiger partial charge on any atom is -0.493 e. The van der Waals surface area contributed by atoms with Gasteiger partial charge in [0.15, 0.2) is 11.5 Å². The zero-order valence-electron chi connectivity index (χ0n) is 11.7. The van der Waals surface area contributed by atoms with E-state index < -0.39 is 0 Å². The van der Waals surface area contributed by atoms with Crippen LogP contribution in [0.5, 0.6) is 11.5 Å². The highest BCUT2D eigenvalue weighted by molar-refractivity contribution is 6.30. The van der Waals surface area contributed by atoms with Gasteiger partial charge in [0.25, 0.3) is 0 Å². The first-order valence-corrected chi connectivity index (χ1v) is 6.80. The Balaban J connectivity index is 2.16. The molecule has 2 aromatic rings. The van der Waals surface area contributed by atoms with Crippen LogP contribution in [0.4, 0.5) is 0 Å². The monoisotopic (exact) mass is 291 g/mol. The highest BCUT2D eigenvalue weighted by atomic mass is 35.5. The molecule has 0 atom stereocenters. The fourth-order valence-electron chi connectivity index (χ4n) is 1.95. The van der Waals surface area contributed by atoms with Crippen LogP contribution in [0.3, 0.4) is 0 Å². The molecular formula is C16H18ClNO2. The van der Waals surface area contributed by atoms with E-state index in [0.29, 0.717) is 6.61 Å². The number of hydrogen-bond donors (Lipinski definition) is 1. The van der Waals surface area contributed by atoms with Crippen LogP contribution in [-0.2, 0) is 13.2 Å². The molecular weight excluding hydrogens is 274 g/mol. The Morgan fingerprint density at radius 1 is 1.10 bits per heavy atom. The van der Waals surface area contributed by atoms with Gasteiger partial charge in [-0.3, -0.25) is 0 Å². The van der Waals surface area contributed by atoms with E-state index in [0.717, 1.165) is 34.2 Å². The largest absolute Gasteiger partial charge is 0.493 e. The Hall–Kier alpha value is -1.71. The van der Waals surface area contributed by atoms with Gasteiger partial charge in [-0.15, -0.1) is 0 Å². The van der Waals surface area contributed by atoms with Crippen molar-refractivity contribution < 1.29 is 9.47 Å². The number of ether oxygens (including phenoxy) is 2. The molecule has 20 heavy (non-hydrogen) atoms. The second-order valence-electron chi connectivity index (χ2n) is 4.39. The van der Waals surface area contributed by atoms with Crippen molar-refractivity contribution in [1.29, 1.82) is 0 Å². The highest BCUT2D eigenvalue weighted by Crippen LogP contribution is 2.31. The van der Waals surface area contributed by atoms with E-state index in [-0.39, 0.29) is 0 Å². The highest BCUT2D eigenvalue weighted by Gasteiger charge is 2.10. The van der Waals surface area contributed by atoms with Gasteiger partial charge >= 0.3 is 0 Å². The Morgan fingerprint density at radius 3 is 2.50 bits per heavy atom. The van der Waals surface area contributed by atoms with Gasteiger partial charge < -0.3 is 14.8 Å². The summed E-state index contributed by atoms with van der Waals surface area (Å²) in [5.74, 6) is 1.52. The van der Waals surface area contributed by atoms with Crippen molar-refractivity contribution in [3.63, 3.8) is 0 Å². The van der Waals surface area contributed by atoms with Crippen LogP contribution in [0.2, 0.25) is 5.02 Å². The maximum Gasteiger partial charge on any atom is 0.166 e. The summed E-state index contributed by atoms with van der Waals surface area (Å²) >= 11 is 5.87. The third kappa shape index (κ3) is 3.65. The molecule has 1 N–H and O–H groups in total. The molecule has 4 heteroatoms. The maximum atomic E-state index is 5.93. The Kier molecular flexibility index (Phi) is 5.27. The Bertz CT molecular complexity index is 555. The van der Waals surface area contributed by atoms with E-state index >= 15 is 0 Å². The quantitative estimate of drug-likeness (QED) is 0.881. The van der Waals surface area contributed by atoms with Crippen LogP contribution in [0.25, 0.3) is 0 Å². The molecule has 0 aliphatic heterocycles. The molecule has 0 radical (unpaired) electrons. The number of hydrogen-bond acceptors (Lipinski definition) is 3. The lowest BCUT2D eigenvalue weighted by Gasteiger charge is -2.15. The topological polar surface area (TPSA) is 30.5 Å². The van der Waals surface area contributed by atoms with Crippen LogP contribution >= 0.6 is 11.6 Å². The number of rotatable bonds is 6. The molecule has 0 aliphatic rings. The number of methoxy groups -OCH3 is 1. The molecule has 2 aromatic carbocycles. The summed E-state index contributed by atoms with van der Waals surface area (Å²) in [5, 5.41) is 3.85. The molecule has 106 valence electrons. The van der Waals surface area contributed by atoms with Crippen molar-refractivity contribution in [3.05, 3.63) is 58.6 Å². The fraction of sp³-hybridized carbons (Fsp3) is 0.250. The van der Waals surface area contributed by atoms with Crippen molar-refractivity contribution in [2.75, 3.05) is 14.2 Å². The zero-order valence-corrected chi connectivity index (χ0v) is 12.4. The standard InChI is InChI=1S/C16H18ClNO2/c1-18-10-13-4-3-5-15(19-2)16(13)20-11-12-6-8-14(17)9-7-12/h3-9,18H,10-11H2,1-2H3. The molecule has 0 unspecified atom stereocenters. The fourth-order valence-corrected chi connectivity index (χ4v) is 2.08. The lowest BCUT2D eigenvalue weighted by atomic mass is 10.2. The van der Waals surface area contributed by atoms with E-state index in [9.17, 15) is 0 Å². The first-order chi connectivity index (χ1) is 9.74. The molecule has 0 aromatic heterocycles. The van der Waals surface area contributed by atoms with Gasteiger partial charge in [-0.2, -0.15) is 0 Å². The van der Waals surface area contributed by atoms with Crippen molar-refractivity contribution in [2.24, 2.45) is 0 Å². The lowest BCUT2D eigenvalue weighted by Crippen LogP contribution is -2.08. The summed E-state index contributed by atoms with van der Waals surface area (Å²) in [5.41, 5.74) is 2.14. The molecule has 0 saturated carbocycles. The molecule has 0 amide bonds. The molecule has 0 heterocycles. The third-order valence-electron chi connectivity index (χ3n) is 2.94. The van der Waals surface area contributed by atoms with Crippen molar-refractivity contribution in [3.8, 4) is 11.5 Å². The van der Waals surface area contributed by atoms with E-state index in [1.54, 1.807) is 7.11 Å². The molecule has 3 nitrogen and oxygen atoms in total. The summed E-state index contributed by atoms with van der Waals surface area (Å²) in [6, 6.07) is 13.5. The predicted octanol–water partition coefficient (Wildman–Crippen LogP) is 3.65. The summed E-state index contributed by atoms with van der Waals surface area (Å²) in [4.78, 5) is 0. The van der Waals surface area contributed by atoms with E-state index in [4.69, 9.17) is 21.1 Å². The van der Waals surface area contributed by atoms with Gasteiger partial charge in [0.2, 0.25) is 0 Å². The van der Waals surface area contributed by atoms with Gasteiger partial charge in [-0.05, 0) is 30.8 Å². The lowest BCUT2D eigenvalue weighted by molar-refractivity contribution is 0.281. The van der Waals surface area contributed by atoms with Crippen molar-refractivity contribution in [1.82, 2.24) is 5.32 Å². The molecule has 0 aliphatic carbocycles. The van der Waals surface area contributed by atoms with Crippen molar-refractivity contribution >= 4 is 11.6 Å². The molecule has 0 bridgehead atoms. The Morgan fingerprint density at radius 2 is 1.85 bits per heavy atom. The van der Waals surface area contributed by atoms with Crippen LogP contribution in [0, 0.1) is 0 Å². The van der Waals surface area contributed by atoms with Crippen LogP contribution in [-0.4, -0.2) is 14.2 Å². The number of para-hydroxylation sites is 1. The van der Waals surface area contributed by atoms with E-state index in [2.05, 4.69) is 5.32 Å². The van der Waals surface area contributed by atoms with Gasteiger partial charge in [-0.25, -0.2) is 0 Å². The number of nitrogens with one attached hydrogen (secondary N) is 1. The maximum absolute atomic E-state index is 5.93. The molecule has 0 fully saturated rings. The number of halogens is 1. The average molecular weight is 292 g/mol. The van der Waals surface area contributed by atoms with Crippen LogP contribution < -0.4 is 14.8 Å². The normalized spacial score (nSPS) is 10.3. The Labute approximate surface area is 124 Å².